The molecular weight excluding hydrogens is 346 g/mol. The number of nitrogens with one attached hydrogen (secondary N) is 1. The standard InChI is InChI=1S/C17H18ClN3O2S/c1-10-13(15(22)21-9-8-19-16(23)17(21,2)3)24-14(20-10)11-4-6-12(18)7-5-11/h4-7H,8-9H2,1-3H3,(H,19,23). The fraction of sp³-hybridized carbons (Fsp3) is 0.353. The highest BCUT2D eigenvalue weighted by atomic mass is 35.5. The molecule has 1 aromatic carbocycles. The van der Waals surface area contributed by atoms with Crippen molar-refractivity contribution in [1.82, 2.24) is 15.2 Å². The molecule has 1 aromatic heterocycles. The molecule has 24 heavy (non-hydrogen) atoms. The van der Waals surface area contributed by atoms with E-state index in [2.05, 4.69) is 10.3 Å². The SMILES string of the molecule is Cc1nc(-c2ccc(Cl)cc2)sc1C(=O)N1CCNC(=O)C1(C)C. The van der Waals surface area contributed by atoms with Crippen LogP contribution in [0.5, 0.6) is 0 Å². The van der Waals surface area contributed by atoms with Crippen LogP contribution in [0.25, 0.3) is 10.6 Å². The molecule has 5 nitrogen and oxygen atoms in total. The van der Waals surface area contributed by atoms with Crippen LogP contribution in [0.4, 0.5) is 0 Å². The number of aromatic nitrogens is 1. The highest BCUT2D eigenvalue weighted by Crippen LogP contribution is 2.31. The molecule has 7 heteroatoms. The second-order valence-electron chi connectivity index (χ2n) is 6.21. The van der Waals surface area contributed by atoms with Gasteiger partial charge in [-0.3, -0.25) is 9.59 Å². The van der Waals surface area contributed by atoms with E-state index in [-0.39, 0.29) is 11.8 Å². The molecule has 1 aliphatic heterocycles. The average Bonchev–Trinajstić information content (AvgIpc) is 2.92. The molecule has 0 atom stereocenters. The number of halogens is 1. The summed E-state index contributed by atoms with van der Waals surface area (Å²) in [6.45, 7) is 6.30. The first kappa shape index (κ1) is 16.9. The van der Waals surface area contributed by atoms with Crippen LogP contribution in [0.2, 0.25) is 5.02 Å². The van der Waals surface area contributed by atoms with Gasteiger partial charge >= 0.3 is 0 Å². The lowest BCUT2D eigenvalue weighted by molar-refractivity contribution is -0.133. The fourth-order valence-electron chi connectivity index (χ4n) is 2.69. The Morgan fingerprint density at radius 3 is 2.67 bits per heavy atom. The van der Waals surface area contributed by atoms with Crippen molar-refractivity contribution in [2.75, 3.05) is 13.1 Å². The lowest BCUT2D eigenvalue weighted by Gasteiger charge is -2.40. The zero-order valence-electron chi connectivity index (χ0n) is 13.7. The summed E-state index contributed by atoms with van der Waals surface area (Å²) in [5.41, 5.74) is 0.727. The molecule has 1 saturated heterocycles. The lowest BCUT2D eigenvalue weighted by Crippen LogP contribution is -2.63. The van der Waals surface area contributed by atoms with E-state index >= 15 is 0 Å². The minimum atomic E-state index is -0.869. The Morgan fingerprint density at radius 2 is 2.00 bits per heavy atom. The van der Waals surface area contributed by atoms with Gasteiger partial charge in [-0.15, -0.1) is 11.3 Å². The molecular formula is C17H18ClN3O2S. The van der Waals surface area contributed by atoms with Gasteiger partial charge in [0, 0.05) is 23.7 Å². The van der Waals surface area contributed by atoms with E-state index in [4.69, 9.17) is 11.6 Å². The predicted molar refractivity (Wildman–Crippen MR) is 95.4 cm³/mol. The molecule has 1 aliphatic rings. The van der Waals surface area contributed by atoms with E-state index in [1.54, 1.807) is 30.9 Å². The monoisotopic (exact) mass is 363 g/mol. The normalized spacial score (nSPS) is 16.8. The number of amides is 2. The summed E-state index contributed by atoms with van der Waals surface area (Å²) in [7, 11) is 0. The van der Waals surface area contributed by atoms with E-state index in [0.29, 0.717) is 28.7 Å². The van der Waals surface area contributed by atoms with E-state index in [1.165, 1.54) is 11.3 Å². The average molecular weight is 364 g/mol. The summed E-state index contributed by atoms with van der Waals surface area (Å²) in [6, 6.07) is 7.36. The molecule has 3 rings (SSSR count). The van der Waals surface area contributed by atoms with Crippen molar-refractivity contribution in [2.24, 2.45) is 0 Å². The summed E-state index contributed by atoms with van der Waals surface area (Å²) >= 11 is 7.26. The molecule has 1 N–H and O–H groups in total. The number of nitrogens with zero attached hydrogens (tertiary/aromatic N) is 2. The molecule has 0 bridgehead atoms. The first-order chi connectivity index (χ1) is 11.3. The fourth-order valence-corrected chi connectivity index (χ4v) is 3.84. The molecule has 0 unspecified atom stereocenters. The van der Waals surface area contributed by atoms with E-state index in [0.717, 1.165) is 10.6 Å². The van der Waals surface area contributed by atoms with Gasteiger partial charge in [-0.1, -0.05) is 23.7 Å². The maximum absolute atomic E-state index is 13.0. The van der Waals surface area contributed by atoms with Crippen LogP contribution >= 0.6 is 22.9 Å². The van der Waals surface area contributed by atoms with Crippen LogP contribution in [0.3, 0.4) is 0 Å². The Morgan fingerprint density at radius 1 is 1.33 bits per heavy atom. The number of aryl methyl sites for hydroxylation is 1. The van der Waals surface area contributed by atoms with Crippen molar-refractivity contribution >= 4 is 34.8 Å². The van der Waals surface area contributed by atoms with Gasteiger partial charge in [0.1, 0.15) is 15.4 Å². The zero-order valence-corrected chi connectivity index (χ0v) is 15.3. The maximum Gasteiger partial charge on any atom is 0.266 e. The van der Waals surface area contributed by atoms with Crippen LogP contribution in [-0.2, 0) is 4.79 Å². The summed E-state index contributed by atoms with van der Waals surface area (Å²) in [5.74, 6) is -0.285. The second kappa shape index (κ2) is 6.18. The predicted octanol–water partition coefficient (Wildman–Crippen LogP) is 3.12. The Labute approximate surface area is 149 Å². The minimum absolute atomic E-state index is 0.137. The molecule has 1 fully saturated rings. The number of carbonyl (C=O) groups is 2. The van der Waals surface area contributed by atoms with Crippen molar-refractivity contribution in [1.29, 1.82) is 0 Å². The third-order valence-electron chi connectivity index (χ3n) is 4.18. The van der Waals surface area contributed by atoms with Crippen LogP contribution in [0.15, 0.2) is 24.3 Å². The van der Waals surface area contributed by atoms with Crippen LogP contribution in [0.1, 0.15) is 29.2 Å². The van der Waals surface area contributed by atoms with Crippen molar-refractivity contribution in [2.45, 2.75) is 26.3 Å². The van der Waals surface area contributed by atoms with Gasteiger partial charge in [0.15, 0.2) is 0 Å². The Hall–Kier alpha value is -1.92. The molecule has 2 aromatic rings. The topological polar surface area (TPSA) is 62.3 Å². The van der Waals surface area contributed by atoms with Crippen LogP contribution < -0.4 is 5.32 Å². The summed E-state index contributed by atoms with van der Waals surface area (Å²) < 4.78 is 0. The van der Waals surface area contributed by atoms with E-state index in [9.17, 15) is 9.59 Å². The molecule has 0 saturated carbocycles. The first-order valence-corrected chi connectivity index (χ1v) is 8.84. The van der Waals surface area contributed by atoms with Crippen molar-refractivity contribution < 1.29 is 9.59 Å². The second-order valence-corrected chi connectivity index (χ2v) is 7.65. The number of carbonyl (C=O) groups excluding carboxylic acids is 2. The van der Waals surface area contributed by atoms with Gasteiger partial charge in [-0.2, -0.15) is 0 Å². The van der Waals surface area contributed by atoms with Crippen molar-refractivity contribution in [3.05, 3.63) is 39.9 Å². The smallest absolute Gasteiger partial charge is 0.266 e. The van der Waals surface area contributed by atoms with E-state index in [1.807, 2.05) is 19.1 Å². The van der Waals surface area contributed by atoms with Gasteiger partial charge in [-0.05, 0) is 32.9 Å². The van der Waals surface area contributed by atoms with Gasteiger partial charge in [0.05, 0.1) is 5.69 Å². The highest BCUT2D eigenvalue weighted by Gasteiger charge is 2.41. The largest absolute Gasteiger partial charge is 0.352 e. The molecule has 126 valence electrons. The van der Waals surface area contributed by atoms with Crippen molar-refractivity contribution in [3.63, 3.8) is 0 Å². The Kier molecular flexibility index (Phi) is 4.36. The molecule has 2 amide bonds. The molecule has 0 radical (unpaired) electrons. The quantitative estimate of drug-likeness (QED) is 0.891. The molecule has 0 aliphatic carbocycles. The summed E-state index contributed by atoms with van der Waals surface area (Å²) in [5, 5.41) is 4.23. The summed E-state index contributed by atoms with van der Waals surface area (Å²) in [4.78, 5) is 31.8. The van der Waals surface area contributed by atoms with Gasteiger partial charge < -0.3 is 10.2 Å². The number of rotatable bonds is 2. The maximum atomic E-state index is 13.0. The summed E-state index contributed by atoms with van der Waals surface area (Å²) in [6.07, 6.45) is 0. The zero-order chi connectivity index (χ0) is 17.5. The first-order valence-electron chi connectivity index (χ1n) is 7.64. The Bertz CT molecular complexity index is 799. The third kappa shape index (κ3) is 2.91. The third-order valence-corrected chi connectivity index (χ3v) is 5.63. The highest BCUT2D eigenvalue weighted by molar-refractivity contribution is 7.17. The molecule has 0 spiro atoms. The molecule has 2 heterocycles. The number of thiazole rings is 1. The van der Waals surface area contributed by atoms with Crippen molar-refractivity contribution in [3.8, 4) is 10.6 Å². The number of piperazine rings is 1. The van der Waals surface area contributed by atoms with Gasteiger partial charge in [0.25, 0.3) is 5.91 Å². The number of hydrogen-bond acceptors (Lipinski definition) is 4. The number of hydrogen-bond donors (Lipinski definition) is 1. The van der Waals surface area contributed by atoms with Gasteiger partial charge in [-0.25, -0.2) is 4.98 Å². The van der Waals surface area contributed by atoms with Gasteiger partial charge in [0.2, 0.25) is 5.91 Å². The Balaban J connectivity index is 1.93. The number of benzene rings is 1. The minimum Gasteiger partial charge on any atom is -0.352 e. The van der Waals surface area contributed by atoms with Crippen LogP contribution in [0, 0.1) is 6.92 Å². The lowest BCUT2D eigenvalue weighted by atomic mass is 9.98. The van der Waals surface area contributed by atoms with E-state index < -0.39 is 5.54 Å². The van der Waals surface area contributed by atoms with Crippen LogP contribution in [-0.4, -0.2) is 40.3 Å².